The van der Waals surface area contributed by atoms with Crippen LogP contribution in [0.2, 0.25) is 0 Å². The van der Waals surface area contributed by atoms with Crippen molar-refractivity contribution in [1.82, 2.24) is 15.6 Å². The third-order valence-corrected chi connectivity index (χ3v) is 4.71. The molecule has 0 radical (unpaired) electrons. The van der Waals surface area contributed by atoms with Gasteiger partial charge in [0, 0.05) is 16.6 Å². The number of amides is 3. The molecule has 0 spiro atoms. The van der Waals surface area contributed by atoms with Gasteiger partial charge >= 0.3 is 12.1 Å². The van der Waals surface area contributed by atoms with E-state index in [0.29, 0.717) is 16.3 Å². The molecule has 174 valence electrons. The molecule has 1 heterocycles. The van der Waals surface area contributed by atoms with Crippen LogP contribution in [0.1, 0.15) is 38.2 Å². The molecule has 2 aromatic rings. The SMILES string of the molecule is C=C(NC(=O)c1csc(-c2ccc(NC(=O)OC(C)(C)C)cc2)n1)C(=O)N/C(=C/C)C(=O)O. The molecule has 10 nitrogen and oxygen atoms in total. The molecule has 1 aromatic heterocycles. The minimum Gasteiger partial charge on any atom is -0.477 e. The fourth-order valence-electron chi connectivity index (χ4n) is 2.33. The number of carbonyl (C=O) groups excluding carboxylic acids is 3. The van der Waals surface area contributed by atoms with Gasteiger partial charge in [-0.05, 0) is 52.0 Å². The molecule has 0 atom stereocenters. The molecule has 0 aliphatic heterocycles. The van der Waals surface area contributed by atoms with Crippen molar-refractivity contribution in [2.45, 2.75) is 33.3 Å². The highest BCUT2D eigenvalue weighted by molar-refractivity contribution is 7.13. The van der Waals surface area contributed by atoms with Crippen molar-refractivity contribution >= 4 is 40.9 Å². The number of nitrogens with zero attached hydrogens (tertiary/aromatic N) is 1. The molecule has 11 heteroatoms. The molecule has 0 bridgehead atoms. The van der Waals surface area contributed by atoms with Gasteiger partial charge in [-0.1, -0.05) is 12.7 Å². The molecule has 1 aromatic carbocycles. The molecule has 4 N–H and O–H groups in total. The average Bonchev–Trinajstić information content (AvgIpc) is 3.21. The zero-order chi connectivity index (χ0) is 24.8. The van der Waals surface area contributed by atoms with Crippen LogP contribution < -0.4 is 16.0 Å². The lowest BCUT2D eigenvalue weighted by atomic mass is 10.2. The highest BCUT2D eigenvalue weighted by Gasteiger charge is 2.19. The highest BCUT2D eigenvalue weighted by Crippen LogP contribution is 2.25. The quantitative estimate of drug-likeness (QED) is 0.451. The Morgan fingerprint density at radius 2 is 1.76 bits per heavy atom. The molecule has 0 fully saturated rings. The first-order valence-corrected chi connectivity index (χ1v) is 10.5. The topological polar surface area (TPSA) is 147 Å². The lowest BCUT2D eigenvalue weighted by Gasteiger charge is -2.19. The summed E-state index contributed by atoms with van der Waals surface area (Å²) < 4.78 is 5.20. The van der Waals surface area contributed by atoms with Gasteiger partial charge < -0.3 is 20.5 Å². The summed E-state index contributed by atoms with van der Waals surface area (Å²) in [6.07, 6.45) is 0.633. The molecule has 0 unspecified atom stereocenters. The number of rotatable bonds is 7. The molecule has 2 rings (SSSR count). The predicted molar refractivity (Wildman–Crippen MR) is 124 cm³/mol. The number of ether oxygens (including phenoxy) is 1. The number of thiazole rings is 1. The third kappa shape index (κ3) is 7.58. The summed E-state index contributed by atoms with van der Waals surface area (Å²) in [7, 11) is 0. The fraction of sp³-hybridized carbons (Fsp3) is 0.227. The Labute approximate surface area is 194 Å². The first kappa shape index (κ1) is 25.3. The first-order chi connectivity index (χ1) is 15.4. The van der Waals surface area contributed by atoms with Crippen molar-refractivity contribution in [1.29, 1.82) is 0 Å². The van der Waals surface area contributed by atoms with Gasteiger partial charge in [0.2, 0.25) is 0 Å². The van der Waals surface area contributed by atoms with Crippen molar-refractivity contribution in [3.05, 3.63) is 59.4 Å². The van der Waals surface area contributed by atoms with Crippen molar-refractivity contribution < 1.29 is 29.0 Å². The van der Waals surface area contributed by atoms with E-state index >= 15 is 0 Å². The summed E-state index contributed by atoms with van der Waals surface area (Å²) in [6, 6.07) is 6.80. The van der Waals surface area contributed by atoms with Crippen LogP contribution in [0.4, 0.5) is 10.5 Å². The zero-order valence-corrected chi connectivity index (χ0v) is 19.3. The number of hydrogen-bond donors (Lipinski definition) is 4. The number of allylic oxidation sites excluding steroid dienone is 1. The van der Waals surface area contributed by atoms with E-state index in [1.54, 1.807) is 45.0 Å². The van der Waals surface area contributed by atoms with Gasteiger partial charge in [-0.3, -0.25) is 14.9 Å². The van der Waals surface area contributed by atoms with E-state index in [-0.39, 0.29) is 17.1 Å². The normalized spacial score (nSPS) is 11.3. The number of aliphatic carboxylic acids is 1. The van der Waals surface area contributed by atoms with E-state index in [1.165, 1.54) is 29.7 Å². The molecule has 33 heavy (non-hydrogen) atoms. The Balaban J connectivity index is 2.00. The fourth-order valence-corrected chi connectivity index (χ4v) is 3.14. The van der Waals surface area contributed by atoms with Crippen molar-refractivity contribution in [3.8, 4) is 10.6 Å². The monoisotopic (exact) mass is 472 g/mol. The van der Waals surface area contributed by atoms with Crippen molar-refractivity contribution in [3.63, 3.8) is 0 Å². The second-order valence-corrected chi connectivity index (χ2v) is 8.49. The Hall–Kier alpha value is -3.99. The molecule has 3 amide bonds. The molecular formula is C22H24N4O6S. The number of anilines is 1. The summed E-state index contributed by atoms with van der Waals surface area (Å²) in [4.78, 5) is 51.5. The van der Waals surface area contributed by atoms with Gasteiger partial charge in [0.05, 0.1) is 5.70 Å². The van der Waals surface area contributed by atoms with Gasteiger partial charge in [0.25, 0.3) is 11.8 Å². The Bertz CT molecular complexity index is 1110. The largest absolute Gasteiger partial charge is 0.477 e. The molecule has 0 aliphatic carbocycles. The number of hydrogen-bond acceptors (Lipinski definition) is 7. The van der Waals surface area contributed by atoms with E-state index in [1.807, 2.05) is 0 Å². The van der Waals surface area contributed by atoms with Crippen LogP contribution in [-0.2, 0) is 14.3 Å². The van der Waals surface area contributed by atoms with E-state index in [2.05, 4.69) is 27.5 Å². The number of benzene rings is 1. The van der Waals surface area contributed by atoms with E-state index in [0.717, 1.165) is 0 Å². The minimum atomic E-state index is -1.32. The second kappa shape index (κ2) is 10.6. The second-order valence-electron chi connectivity index (χ2n) is 7.64. The lowest BCUT2D eigenvalue weighted by Crippen LogP contribution is -2.35. The molecule has 0 saturated heterocycles. The van der Waals surface area contributed by atoms with Crippen LogP contribution in [0.3, 0.4) is 0 Å². The number of nitrogens with one attached hydrogen (secondary N) is 3. The van der Waals surface area contributed by atoms with Gasteiger partial charge in [0.1, 0.15) is 22.0 Å². The number of aromatic nitrogens is 1. The zero-order valence-electron chi connectivity index (χ0n) is 18.5. The average molecular weight is 473 g/mol. The smallest absolute Gasteiger partial charge is 0.412 e. The number of carboxylic acids is 1. The highest BCUT2D eigenvalue weighted by atomic mass is 32.1. The molecule has 0 saturated carbocycles. The van der Waals surface area contributed by atoms with Crippen LogP contribution in [0.5, 0.6) is 0 Å². The van der Waals surface area contributed by atoms with Crippen LogP contribution in [0.25, 0.3) is 10.6 Å². The third-order valence-electron chi connectivity index (χ3n) is 3.82. The van der Waals surface area contributed by atoms with Crippen LogP contribution in [0, 0.1) is 0 Å². The first-order valence-electron chi connectivity index (χ1n) is 9.67. The van der Waals surface area contributed by atoms with Gasteiger partial charge in [-0.15, -0.1) is 11.3 Å². The Kier molecular flexibility index (Phi) is 8.08. The summed E-state index contributed by atoms with van der Waals surface area (Å²) in [5.41, 5.74) is 0.0309. The number of carboxylic acid groups (broad SMARTS) is 1. The summed E-state index contributed by atoms with van der Waals surface area (Å²) in [5, 5.41) is 18.1. The maximum absolute atomic E-state index is 12.4. The van der Waals surface area contributed by atoms with Crippen molar-refractivity contribution in [2.75, 3.05) is 5.32 Å². The van der Waals surface area contributed by atoms with Gasteiger partial charge in [-0.2, -0.15) is 0 Å². The minimum absolute atomic E-state index is 0.0596. The summed E-state index contributed by atoms with van der Waals surface area (Å²) in [5.74, 6) is -2.85. The van der Waals surface area contributed by atoms with Crippen LogP contribution in [-0.4, -0.2) is 39.6 Å². The Morgan fingerprint density at radius 3 is 2.30 bits per heavy atom. The van der Waals surface area contributed by atoms with E-state index in [4.69, 9.17) is 9.84 Å². The molecular weight excluding hydrogens is 448 g/mol. The van der Waals surface area contributed by atoms with Crippen LogP contribution >= 0.6 is 11.3 Å². The van der Waals surface area contributed by atoms with Gasteiger partial charge in [0.15, 0.2) is 0 Å². The summed E-state index contributed by atoms with van der Waals surface area (Å²) in [6.45, 7) is 10.2. The van der Waals surface area contributed by atoms with Gasteiger partial charge in [-0.25, -0.2) is 14.6 Å². The van der Waals surface area contributed by atoms with E-state index < -0.39 is 29.5 Å². The number of carbonyl (C=O) groups is 4. The Morgan fingerprint density at radius 1 is 1.12 bits per heavy atom. The van der Waals surface area contributed by atoms with Crippen LogP contribution in [0.15, 0.2) is 53.7 Å². The van der Waals surface area contributed by atoms with E-state index in [9.17, 15) is 19.2 Å². The maximum Gasteiger partial charge on any atom is 0.412 e. The standard InChI is InChI=1S/C22H24N4O6S/c1-6-15(20(29)30)25-17(27)12(2)23-18(28)16-11-33-19(26-16)13-7-9-14(10-8-13)24-21(31)32-22(3,4)5/h6-11H,2H2,1,3-5H3,(H,23,28)(H,24,31)(H,25,27)(H,29,30)/b15-6+. The lowest BCUT2D eigenvalue weighted by molar-refractivity contribution is -0.134. The maximum atomic E-state index is 12.4. The molecule has 0 aliphatic rings. The predicted octanol–water partition coefficient (Wildman–Crippen LogP) is 3.51. The van der Waals surface area contributed by atoms with Crippen molar-refractivity contribution in [2.24, 2.45) is 0 Å². The summed E-state index contributed by atoms with van der Waals surface area (Å²) >= 11 is 1.21.